The molecule has 2 aliphatic rings. The van der Waals surface area contributed by atoms with Gasteiger partial charge in [-0.05, 0) is 55.3 Å². The Morgan fingerprint density at radius 3 is 2.15 bits per heavy atom. The molecule has 188 valence electrons. The van der Waals surface area contributed by atoms with Crippen molar-refractivity contribution in [3.63, 3.8) is 0 Å². The fourth-order valence-electron chi connectivity index (χ4n) is 6.76. The third kappa shape index (κ3) is 5.35. The van der Waals surface area contributed by atoms with Gasteiger partial charge in [0.15, 0.2) is 0 Å². The summed E-state index contributed by atoms with van der Waals surface area (Å²) in [7, 11) is 3.57. The minimum atomic E-state index is -1.57. The number of allylic oxidation sites excluding steroid dienone is 2. The third-order valence-electron chi connectivity index (χ3n) is 8.49. The Labute approximate surface area is 209 Å². The van der Waals surface area contributed by atoms with E-state index in [1.54, 1.807) is 21.3 Å². The Bertz CT molecular complexity index is 950. The van der Waals surface area contributed by atoms with Crippen molar-refractivity contribution in [2.24, 2.45) is 22.7 Å². The zero-order valence-corrected chi connectivity index (χ0v) is 24.2. The van der Waals surface area contributed by atoms with Crippen LogP contribution in [0.3, 0.4) is 0 Å². The van der Waals surface area contributed by atoms with E-state index in [2.05, 4.69) is 64.9 Å². The summed E-state index contributed by atoms with van der Waals surface area (Å²) < 4.78 is 17.3. The summed E-state index contributed by atoms with van der Waals surface area (Å²) >= 11 is 0. The molecule has 0 heterocycles. The fourth-order valence-corrected chi connectivity index (χ4v) is 7.36. The van der Waals surface area contributed by atoms with E-state index in [0.29, 0.717) is 17.3 Å². The standard InChI is InChI=1S/C30H46O3Si/c1-21-12-13-27-29(2,3)15-11-16-30(27,4)24(21)18-22(14-17-34(8,9)10)28-25(32-6)19-23(31-5)20-26(28)33-7/h12,19-20,22,24,27H,11,13,15-16,18H2,1-10H3/t22?,24-,27-,30+/m0/s1. The van der Waals surface area contributed by atoms with Gasteiger partial charge >= 0.3 is 0 Å². The van der Waals surface area contributed by atoms with Crippen LogP contribution in [0.25, 0.3) is 0 Å². The molecule has 3 nitrogen and oxygen atoms in total. The van der Waals surface area contributed by atoms with Gasteiger partial charge in [-0.15, -0.1) is 11.5 Å². The van der Waals surface area contributed by atoms with Crippen molar-refractivity contribution >= 4 is 8.07 Å². The summed E-state index contributed by atoms with van der Waals surface area (Å²) in [5.41, 5.74) is 6.93. The topological polar surface area (TPSA) is 27.7 Å². The van der Waals surface area contributed by atoms with Crippen LogP contribution in [0.15, 0.2) is 23.8 Å². The Morgan fingerprint density at radius 2 is 1.62 bits per heavy atom. The molecule has 1 aromatic rings. The summed E-state index contributed by atoms with van der Waals surface area (Å²) in [4.78, 5) is 0. The first-order valence-corrected chi connectivity index (χ1v) is 16.4. The molecule has 0 bridgehead atoms. The molecule has 4 atom stereocenters. The summed E-state index contributed by atoms with van der Waals surface area (Å²) in [5.74, 6) is 7.32. The zero-order valence-electron chi connectivity index (χ0n) is 23.2. The van der Waals surface area contributed by atoms with Gasteiger partial charge in [-0.2, -0.15) is 0 Å². The normalized spacial score (nSPS) is 26.9. The summed E-state index contributed by atoms with van der Waals surface area (Å²) in [5, 5.41) is 0. The van der Waals surface area contributed by atoms with Crippen LogP contribution in [0, 0.1) is 34.1 Å². The second-order valence-corrected chi connectivity index (χ2v) is 17.1. The molecule has 0 spiro atoms. The highest BCUT2D eigenvalue weighted by molar-refractivity contribution is 6.83. The Kier molecular flexibility index (Phi) is 7.88. The molecule has 34 heavy (non-hydrogen) atoms. The van der Waals surface area contributed by atoms with Crippen LogP contribution in [0.2, 0.25) is 19.6 Å². The minimum absolute atomic E-state index is 0.0384. The Balaban J connectivity index is 2.14. The van der Waals surface area contributed by atoms with E-state index in [1.165, 1.54) is 31.3 Å². The van der Waals surface area contributed by atoms with Crippen LogP contribution >= 0.6 is 0 Å². The highest BCUT2D eigenvalue weighted by Crippen LogP contribution is 2.61. The molecule has 0 aromatic heterocycles. The van der Waals surface area contributed by atoms with Crippen LogP contribution in [0.1, 0.15) is 71.3 Å². The molecule has 0 saturated heterocycles. The first-order chi connectivity index (χ1) is 15.9. The first-order valence-electron chi connectivity index (χ1n) is 12.9. The number of methoxy groups -OCH3 is 3. The number of ether oxygens (including phenoxy) is 3. The number of fused-ring (bicyclic) bond motifs is 1. The van der Waals surface area contributed by atoms with E-state index in [0.717, 1.165) is 29.2 Å². The molecule has 1 saturated carbocycles. The highest BCUT2D eigenvalue weighted by atomic mass is 28.3. The predicted octanol–water partition coefficient (Wildman–Crippen LogP) is 7.87. The maximum atomic E-state index is 5.89. The summed E-state index contributed by atoms with van der Waals surface area (Å²) in [6, 6.07) is 3.94. The first kappa shape index (κ1) is 26.7. The predicted molar refractivity (Wildman–Crippen MR) is 146 cm³/mol. The molecular weight excluding hydrogens is 436 g/mol. The van der Waals surface area contributed by atoms with Crippen molar-refractivity contribution in [2.45, 2.75) is 85.4 Å². The van der Waals surface area contributed by atoms with Crippen LogP contribution in [0.5, 0.6) is 17.2 Å². The molecule has 0 aliphatic heterocycles. The molecule has 0 radical (unpaired) electrons. The third-order valence-corrected chi connectivity index (χ3v) is 9.39. The molecule has 0 amide bonds. The maximum Gasteiger partial charge on any atom is 0.130 e. The molecule has 0 N–H and O–H groups in total. The average Bonchev–Trinajstić information content (AvgIpc) is 2.76. The van der Waals surface area contributed by atoms with E-state index >= 15 is 0 Å². The van der Waals surface area contributed by atoms with Crippen LogP contribution in [-0.2, 0) is 0 Å². The van der Waals surface area contributed by atoms with E-state index in [9.17, 15) is 0 Å². The Hall–Kier alpha value is -1.86. The SMILES string of the molecule is COc1cc(OC)c(C(C#C[Si](C)(C)C)C[C@H]2C(C)=CC[C@H]3C(C)(C)CCC[C@]23C)c(OC)c1. The van der Waals surface area contributed by atoms with E-state index < -0.39 is 8.07 Å². The summed E-state index contributed by atoms with van der Waals surface area (Å²) in [6.45, 7) is 16.8. The van der Waals surface area contributed by atoms with Crippen LogP contribution < -0.4 is 14.2 Å². The van der Waals surface area contributed by atoms with Gasteiger partial charge in [0.2, 0.25) is 0 Å². The average molecular weight is 483 g/mol. The van der Waals surface area contributed by atoms with Crippen molar-refractivity contribution in [3.05, 3.63) is 29.3 Å². The second-order valence-electron chi connectivity index (χ2n) is 12.4. The molecule has 3 rings (SSSR count). The smallest absolute Gasteiger partial charge is 0.130 e. The molecule has 1 fully saturated rings. The van der Waals surface area contributed by atoms with Crippen LogP contribution in [0.4, 0.5) is 0 Å². The van der Waals surface area contributed by atoms with Crippen LogP contribution in [-0.4, -0.2) is 29.4 Å². The van der Waals surface area contributed by atoms with Gasteiger partial charge in [-0.1, -0.05) is 58.5 Å². The van der Waals surface area contributed by atoms with Crippen molar-refractivity contribution in [1.82, 2.24) is 0 Å². The number of hydrogen-bond donors (Lipinski definition) is 0. The van der Waals surface area contributed by atoms with Gasteiger partial charge in [0.25, 0.3) is 0 Å². The largest absolute Gasteiger partial charge is 0.496 e. The van der Waals surface area contributed by atoms with Gasteiger partial charge in [-0.3, -0.25) is 0 Å². The van der Waals surface area contributed by atoms with Crippen molar-refractivity contribution in [2.75, 3.05) is 21.3 Å². The number of benzene rings is 1. The van der Waals surface area contributed by atoms with Gasteiger partial charge in [0.1, 0.15) is 25.3 Å². The molecular formula is C30H46O3Si. The lowest BCUT2D eigenvalue weighted by Gasteiger charge is -2.57. The molecule has 2 aliphatic carbocycles. The fraction of sp³-hybridized carbons (Fsp3) is 0.667. The van der Waals surface area contributed by atoms with Crippen molar-refractivity contribution in [1.29, 1.82) is 0 Å². The molecule has 1 aromatic carbocycles. The van der Waals surface area contributed by atoms with E-state index in [4.69, 9.17) is 14.2 Å². The van der Waals surface area contributed by atoms with Gasteiger partial charge in [-0.25, -0.2) is 0 Å². The Morgan fingerprint density at radius 1 is 1.00 bits per heavy atom. The zero-order chi connectivity index (χ0) is 25.3. The lowest BCUT2D eigenvalue weighted by atomic mass is 9.48. The second kappa shape index (κ2) is 10.0. The van der Waals surface area contributed by atoms with Gasteiger partial charge in [0.05, 0.1) is 32.8 Å². The van der Waals surface area contributed by atoms with E-state index in [1.807, 2.05) is 12.1 Å². The van der Waals surface area contributed by atoms with Gasteiger partial charge < -0.3 is 14.2 Å². The van der Waals surface area contributed by atoms with E-state index in [-0.39, 0.29) is 11.3 Å². The lowest BCUT2D eigenvalue weighted by Crippen LogP contribution is -2.48. The van der Waals surface area contributed by atoms with Crippen molar-refractivity contribution in [3.8, 4) is 28.7 Å². The van der Waals surface area contributed by atoms with Gasteiger partial charge in [0, 0.05) is 12.1 Å². The lowest BCUT2D eigenvalue weighted by molar-refractivity contribution is -0.0398. The number of rotatable bonds is 6. The summed E-state index contributed by atoms with van der Waals surface area (Å²) in [6.07, 6.45) is 8.64. The number of hydrogen-bond acceptors (Lipinski definition) is 3. The monoisotopic (exact) mass is 482 g/mol. The minimum Gasteiger partial charge on any atom is -0.496 e. The quantitative estimate of drug-likeness (QED) is 0.234. The highest BCUT2D eigenvalue weighted by Gasteiger charge is 2.52. The van der Waals surface area contributed by atoms with Crippen molar-refractivity contribution < 1.29 is 14.2 Å². The maximum absolute atomic E-state index is 5.89. The molecule has 4 heteroatoms. The molecule has 1 unspecified atom stereocenters.